The molecule has 1 nitrogen and oxygen atoms in total. The van der Waals surface area contributed by atoms with Crippen molar-refractivity contribution in [3.05, 3.63) is 158 Å². The number of hydrogen-bond donors (Lipinski definition) is 0. The van der Waals surface area contributed by atoms with Crippen LogP contribution in [0.2, 0.25) is 0 Å². The van der Waals surface area contributed by atoms with Crippen molar-refractivity contribution >= 4 is 32.7 Å². The van der Waals surface area contributed by atoms with Gasteiger partial charge in [0.15, 0.2) is 0 Å². The summed E-state index contributed by atoms with van der Waals surface area (Å²) in [5.74, 6) is 0. The zero-order valence-corrected chi connectivity index (χ0v) is 22.4. The minimum absolute atomic E-state index is 0.917. The van der Waals surface area contributed by atoms with Gasteiger partial charge in [-0.2, -0.15) is 0 Å². The quantitative estimate of drug-likeness (QED) is 0.224. The third-order valence-corrected chi connectivity index (χ3v) is 8.08. The molecular formula is C40H26O. The predicted octanol–water partition coefficient (Wildman–Crippen LogP) is 11.4. The molecule has 0 saturated heterocycles. The number of rotatable bonds is 4. The van der Waals surface area contributed by atoms with Gasteiger partial charge < -0.3 is 4.42 Å². The SMILES string of the molecule is c1ccc(-c2cc(-c3ccccc3)cc(-c3ccc(-c4cccc5oc6ccccc6c45)c4ccccc34)c2)cc1. The van der Waals surface area contributed by atoms with E-state index >= 15 is 0 Å². The molecule has 7 aromatic carbocycles. The highest BCUT2D eigenvalue weighted by atomic mass is 16.3. The van der Waals surface area contributed by atoms with Crippen LogP contribution in [-0.2, 0) is 0 Å². The highest BCUT2D eigenvalue weighted by molar-refractivity contribution is 6.16. The molecule has 0 bridgehead atoms. The van der Waals surface area contributed by atoms with E-state index in [0.717, 1.165) is 16.6 Å². The van der Waals surface area contributed by atoms with Crippen molar-refractivity contribution < 1.29 is 4.42 Å². The Bertz CT molecular complexity index is 2130. The van der Waals surface area contributed by atoms with E-state index in [1.165, 1.54) is 60.7 Å². The zero-order valence-electron chi connectivity index (χ0n) is 22.4. The number of hydrogen-bond acceptors (Lipinski definition) is 1. The van der Waals surface area contributed by atoms with E-state index in [2.05, 4.69) is 146 Å². The largest absolute Gasteiger partial charge is 0.456 e. The summed E-state index contributed by atoms with van der Waals surface area (Å²) in [5, 5.41) is 4.78. The number of fused-ring (bicyclic) bond motifs is 4. The van der Waals surface area contributed by atoms with Crippen LogP contribution in [0.15, 0.2) is 162 Å². The fourth-order valence-corrected chi connectivity index (χ4v) is 6.16. The molecule has 1 heteroatoms. The maximum atomic E-state index is 6.23. The third-order valence-electron chi connectivity index (χ3n) is 8.08. The number of furan rings is 1. The highest BCUT2D eigenvalue weighted by Gasteiger charge is 2.16. The first-order valence-electron chi connectivity index (χ1n) is 14.0. The van der Waals surface area contributed by atoms with Crippen molar-refractivity contribution in [3.63, 3.8) is 0 Å². The van der Waals surface area contributed by atoms with Crippen molar-refractivity contribution in [1.82, 2.24) is 0 Å². The Hall–Kier alpha value is -5.40. The molecule has 0 aliphatic carbocycles. The molecule has 0 unspecified atom stereocenters. The van der Waals surface area contributed by atoms with Crippen molar-refractivity contribution in [2.24, 2.45) is 0 Å². The van der Waals surface area contributed by atoms with Crippen LogP contribution in [0.3, 0.4) is 0 Å². The lowest BCUT2D eigenvalue weighted by atomic mass is 9.88. The second-order valence-electron chi connectivity index (χ2n) is 10.5. The molecule has 0 saturated carbocycles. The minimum atomic E-state index is 0.917. The van der Waals surface area contributed by atoms with E-state index < -0.39 is 0 Å². The summed E-state index contributed by atoms with van der Waals surface area (Å²) < 4.78 is 6.23. The summed E-state index contributed by atoms with van der Waals surface area (Å²) in [6.07, 6.45) is 0. The molecule has 0 spiro atoms. The molecule has 1 aromatic heterocycles. The average Bonchev–Trinajstić information content (AvgIpc) is 3.44. The van der Waals surface area contributed by atoms with Crippen LogP contribution in [0.4, 0.5) is 0 Å². The summed E-state index contributed by atoms with van der Waals surface area (Å²) in [5.41, 5.74) is 11.5. The molecule has 0 aliphatic rings. The molecular weight excluding hydrogens is 496 g/mol. The van der Waals surface area contributed by atoms with Crippen LogP contribution >= 0.6 is 0 Å². The Balaban J connectivity index is 1.38. The molecule has 0 atom stereocenters. The van der Waals surface area contributed by atoms with E-state index in [0.29, 0.717) is 0 Å². The van der Waals surface area contributed by atoms with Crippen LogP contribution in [-0.4, -0.2) is 0 Å². The van der Waals surface area contributed by atoms with Crippen molar-refractivity contribution in [1.29, 1.82) is 0 Å². The summed E-state index contributed by atoms with van der Waals surface area (Å²) in [7, 11) is 0. The van der Waals surface area contributed by atoms with Crippen molar-refractivity contribution in [3.8, 4) is 44.5 Å². The lowest BCUT2D eigenvalue weighted by Crippen LogP contribution is -1.89. The van der Waals surface area contributed by atoms with Crippen LogP contribution in [0, 0.1) is 0 Å². The molecule has 8 aromatic rings. The summed E-state index contributed by atoms with van der Waals surface area (Å²) in [6.45, 7) is 0. The third kappa shape index (κ3) is 4.02. The lowest BCUT2D eigenvalue weighted by molar-refractivity contribution is 0.669. The standard InChI is InChI=1S/C40H26O/c1-3-12-27(13-4-1)29-24-30(28-14-5-2-6-15-28)26-31(25-29)32-22-23-35(34-17-8-7-16-33(32)34)36-19-11-21-39-40(36)37-18-9-10-20-38(37)41-39/h1-26H. The van der Waals surface area contributed by atoms with Gasteiger partial charge in [-0.1, -0.05) is 127 Å². The summed E-state index contributed by atoms with van der Waals surface area (Å²) >= 11 is 0. The normalized spacial score (nSPS) is 11.4. The Morgan fingerprint density at radius 3 is 1.49 bits per heavy atom. The van der Waals surface area contributed by atoms with Gasteiger partial charge in [0, 0.05) is 10.8 Å². The molecule has 0 N–H and O–H groups in total. The first-order valence-corrected chi connectivity index (χ1v) is 14.0. The molecule has 41 heavy (non-hydrogen) atoms. The van der Waals surface area contributed by atoms with Gasteiger partial charge in [0.2, 0.25) is 0 Å². The molecule has 0 radical (unpaired) electrons. The fraction of sp³-hybridized carbons (Fsp3) is 0. The smallest absolute Gasteiger partial charge is 0.136 e. The maximum absolute atomic E-state index is 6.23. The maximum Gasteiger partial charge on any atom is 0.136 e. The summed E-state index contributed by atoms with van der Waals surface area (Å²) in [4.78, 5) is 0. The van der Waals surface area contributed by atoms with E-state index in [1.807, 2.05) is 12.1 Å². The van der Waals surface area contributed by atoms with Gasteiger partial charge in [-0.05, 0) is 85.6 Å². The van der Waals surface area contributed by atoms with E-state index in [9.17, 15) is 0 Å². The van der Waals surface area contributed by atoms with Crippen LogP contribution < -0.4 is 0 Å². The molecule has 192 valence electrons. The zero-order chi connectivity index (χ0) is 27.2. The lowest BCUT2D eigenvalue weighted by Gasteiger charge is -2.15. The average molecular weight is 523 g/mol. The van der Waals surface area contributed by atoms with Crippen LogP contribution in [0.25, 0.3) is 77.2 Å². The monoisotopic (exact) mass is 522 g/mol. The van der Waals surface area contributed by atoms with E-state index in [-0.39, 0.29) is 0 Å². The Morgan fingerprint density at radius 1 is 0.293 bits per heavy atom. The van der Waals surface area contributed by atoms with Crippen molar-refractivity contribution in [2.45, 2.75) is 0 Å². The number of para-hydroxylation sites is 1. The molecule has 0 amide bonds. The molecule has 0 aliphatic heterocycles. The van der Waals surface area contributed by atoms with Gasteiger partial charge in [-0.15, -0.1) is 0 Å². The Labute approximate surface area is 238 Å². The second-order valence-corrected chi connectivity index (χ2v) is 10.5. The molecule has 1 heterocycles. The van der Waals surface area contributed by atoms with Crippen LogP contribution in [0.5, 0.6) is 0 Å². The first-order chi connectivity index (χ1) is 20.3. The second kappa shape index (κ2) is 9.66. The summed E-state index contributed by atoms with van der Waals surface area (Å²) in [6, 6.07) is 56.3. The number of benzene rings is 7. The molecule has 0 fully saturated rings. The minimum Gasteiger partial charge on any atom is -0.456 e. The van der Waals surface area contributed by atoms with Gasteiger partial charge in [-0.3, -0.25) is 0 Å². The first kappa shape index (κ1) is 23.5. The van der Waals surface area contributed by atoms with Gasteiger partial charge in [0.25, 0.3) is 0 Å². The van der Waals surface area contributed by atoms with Gasteiger partial charge in [0.05, 0.1) is 0 Å². The van der Waals surface area contributed by atoms with Crippen molar-refractivity contribution in [2.75, 3.05) is 0 Å². The predicted molar refractivity (Wildman–Crippen MR) is 173 cm³/mol. The van der Waals surface area contributed by atoms with E-state index in [1.54, 1.807) is 0 Å². The highest BCUT2D eigenvalue weighted by Crippen LogP contribution is 2.42. The van der Waals surface area contributed by atoms with Gasteiger partial charge >= 0.3 is 0 Å². The van der Waals surface area contributed by atoms with E-state index in [4.69, 9.17) is 4.42 Å². The fourth-order valence-electron chi connectivity index (χ4n) is 6.16. The Kier molecular flexibility index (Phi) is 5.53. The van der Waals surface area contributed by atoms with Crippen LogP contribution in [0.1, 0.15) is 0 Å². The van der Waals surface area contributed by atoms with Gasteiger partial charge in [0.1, 0.15) is 11.2 Å². The topological polar surface area (TPSA) is 13.1 Å². The molecule has 8 rings (SSSR count). The van der Waals surface area contributed by atoms with Gasteiger partial charge in [-0.25, -0.2) is 0 Å². The Morgan fingerprint density at radius 2 is 0.805 bits per heavy atom.